The van der Waals surface area contributed by atoms with E-state index in [-0.39, 0.29) is 12.2 Å². The second-order valence-corrected chi connectivity index (χ2v) is 3.59. The standard InChI is InChI=1S/C10H10F3N5/c1-18-16-9(15-17-18)6-14-8-5-3-2-4-7(8)10(11,12)13/h2-5,14H,6H2,1H3. The normalized spacial score (nSPS) is 11.6. The van der Waals surface area contributed by atoms with Crippen molar-refractivity contribution in [1.29, 1.82) is 0 Å². The zero-order valence-electron chi connectivity index (χ0n) is 9.44. The van der Waals surface area contributed by atoms with Crippen LogP contribution in [0.5, 0.6) is 0 Å². The first-order valence-corrected chi connectivity index (χ1v) is 5.10. The summed E-state index contributed by atoms with van der Waals surface area (Å²) in [6.07, 6.45) is -4.39. The summed E-state index contributed by atoms with van der Waals surface area (Å²) in [5, 5.41) is 13.8. The second kappa shape index (κ2) is 4.63. The number of aryl methyl sites for hydroxylation is 1. The van der Waals surface area contributed by atoms with Crippen LogP contribution < -0.4 is 5.32 Å². The molecule has 1 heterocycles. The molecule has 1 aromatic carbocycles. The van der Waals surface area contributed by atoms with Gasteiger partial charge in [0.2, 0.25) is 0 Å². The number of nitrogens with zero attached hydrogens (tertiary/aromatic N) is 4. The van der Waals surface area contributed by atoms with E-state index >= 15 is 0 Å². The summed E-state index contributed by atoms with van der Waals surface area (Å²) < 4.78 is 38.1. The molecule has 0 unspecified atom stereocenters. The highest BCUT2D eigenvalue weighted by Gasteiger charge is 2.33. The van der Waals surface area contributed by atoms with E-state index in [1.165, 1.54) is 23.0 Å². The molecule has 0 saturated heterocycles. The maximum Gasteiger partial charge on any atom is 0.418 e. The van der Waals surface area contributed by atoms with Crippen LogP contribution in [-0.4, -0.2) is 20.2 Å². The fourth-order valence-electron chi connectivity index (χ4n) is 1.45. The van der Waals surface area contributed by atoms with Gasteiger partial charge in [-0.05, 0) is 17.3 Å². The number of anilines is 1. The van der Waals surface area contributed by atoms with Crippen LogP contribution in [0.15, 0.2) is 24.3 Å². The molecule has 2 aromatic rings. The van der Waals surface area contributed by atoms with Gasteiger partial charge < -0.3 is 5.32 Å². The summed E-state index contributed by atoms with van der Waals surface area (Å²) in [4.78, 5) is 1.24. The van der Waals surface area contributed by atoms with Gasteiger partial charge in [-0.2, -0.15) is 18.0 Å². The molecule has 0 aliphatic carbocycles. The molecule has 1 N–H and O–H groups in total. The minimum absolute atomic E-state index is 0.00236. The van der Waals surface area contributed by atoms with Gasteiger partial charge >= 0.3 is 6.18 Å². The summed E-state index contributed by atoms with van der Waals surface area (Å²) >= 11 is 0. The average molecular weight is 257 g/mol. The third-order valence-corrected chi connectivity index (χ3v) is 2.22. The Morgan fingerprint density at radius 1 is 1.28 bits per heavy atom. The lowest BCUT2D eigenvalue weighted by Gasteiger charge is -2.13. The van der Waals surface area contributed by atoms with E-state index in [4.69, 9.17) is 0 Å². The fourth-order valence-corrected chi connectivity index (χ4v) is 1.45. The Balaban J connectivity index is 2.14. The molecular weight excluding hydrogens is 247 g/mol. The van der Waals surface area contributed by atoms with Crippen molar-refractivity contribution in [3.8, 4) is 0 Å². The van der Waals surface area contributed by atoms with Crippen molar-refractivity contribution in [2.24, 2.45) is 7.05 Å². The van der Waals surface area contributed by atoms with Crippen molar-refractivity contribution >= 4 is 5.69 Å². The Morgan fingerprint density at radius 3 is 2.61 bits per heavy atom. The lowest BCUT2D eigenvalue weighted by atomic mass is 10.1. The minimum atomic E-state index is -4.39. The van der Waals surface area contributed by atoms with Crippen LogP contribution in [0, 0.1) is 0 Å². The lowest BCUT2D eigenvalue weighted by Crippen LogP contribution is -2.11. The van der Waals surface area contributed by atoms with E-state index in [0.717, 1.165) is 6.07 Å². The van der Waals surface area contributed by atoms with Gasteiger partial charge in [-0.1, -0.05) is 12.1 Å². The molecule has 0 amide bonds. The van der Waals surface area contributed by atoms with E-state index in [2.05, 4.69) is 20.7 Å². The number of benzene rings is 1. The number of tetrazole rings is 1. The van der Waals surface area contributed by atoms with Gasteiger partial charge in [0, 0.05) is 5.69 Å². The molecule has 0 aliphatic rings. The second-order valence-electron chi connectivity index (χ2n) is 3.59. The topological polar surface area (TPSA) is 55.6 Å². The van der Waals surface area contributed by atoms with Gasteiger partial charge in [-0.15, -0.1) is 10.2 Å². The number of nitrogens with one attached hydrogen (secondary N) is 1. The Kier molecular flexibility index (Phi) is 3.17. The predicted molar refractivity (Wildman–Crippen MR) is 57.6 cm³/mol. The Morgan fingerprint density at radius 2 is 2.00 bits per heavy atom. The van der Waals surface area contributed by atoms with Gasteiger partial charge in [0.15, 0.2) is 5.82 Å². The van der Waals surface area contributed by atoms with E-state index in [0.29, 0.717) is 5.82 Å². The first-order valence-electron chi connectivity index (χ1n) is 5.10. The molecule has 0 saturated carbocycles. The van der Waals surface area contributed by atoms with Crippen LogP contribution in [0.2, 0.25) is 0 Å². The Bertz CT molecular complexity index is 534. The molecule has 0 spiro atoms. The van der Waals surface area contributed by atoms with Crippen LogP contribution in [0.4, 0.5) is 18.9 Å². The van der Waals surface area contributed by atoms with E-state index in [9.17, 15) is 13.2 Å². The SMILES string of the molecule is Cn1nnc(CNc2ccccc2C(F)(F)F)n1. The highest BCUT2D eigenvalue weighted by molar-refractivity contribution is 5.52. The average Bonchev–Trinajstić information content (AvgIpc) is 2.72. The number of para-hydroxylation sites is 1. The minimum Gasteiger partial charge on any atom is -0.377 e. The van der Waals surface area contributed by atoms with Gasteiger partial charge in [0.05, 0.1) is 19.2 Å². The van der Waals surface area contributed by atoms with Crippen molar-refractivity contribution in [3.63, 3.8) is 0 Å². The maximum atomic E-state index is 12.7. The number of alkyl halides is 3. The van der Waals surface area contributed by atoms with Crippen molar-refractivity contribution < 1.29 is 13.2 Å². The molecule has 0 radical (unpaired) electrons. The molecule has 18 heavy (non-hydrogen) atoms. The highest BCUT2D eigenvalue weighted by Crippen LogP contribution is 2.34. The quantitative estimate of drug-likeness (QED) is 0.911. The number of halogens is 3. The number of hydrogen-bond donors (Lipinski definition) is 1. The summed E-state index contributed by atoms with van der Waals surface area (Å²) in [6, 6.07) is 5.25. The van der Waals surface area contributed by atoms with Crippen molar-refractivity contribution in [2.75, 3.05) is 5.32 Å². The van der Waals surface area contributed by atoms with Crippen LogP contribution in [0.1, 0.15) is 11.4 Å². The van der Waals surface area contributed by atoms with Gasteiger partial charge in [0.25, 0.3) is 0 Å². The zero-order valence-corrected chi connectivity index (χ0v) is 9.44. The van der Waals surface area contributed by atoms with Crippen molar-refractivity contribution in [2.45, 2.75) is 12.7 Å². The Hall–Kier alpha value is -2.12. The van der Waals surface area contributed by atoms with E-state index in [1.54, 1.807) is 7.05 Å². The predicted octanol–water partition coefficient (Wildman–Crippen LogP) is 1.84. The van der Waals surface area contributed by atoms with E-state index < -0.39 is 11.7 Å². The summed E-state index contributed by atoms with van der Waals surface area (Å²) in [7, 11) is 1.58. The molecule has 8 heteroatoms. The third kappa shape index (κ3) is 2.76. The van der Waals surface area contributed by atoms with Crippen LogP contribution in [0.3, 0.4) is 0 Å². The van der Waals surface area contributed by atoms with Gasteiger partial charge in [-0.3, -0.25) is 0 Å². The molecule has 2 rings (SSSR count). The number of rotatable bonds is 3. The monoisotopic (exact) mass is 257 g/mol. The first-order chi connectivity index (χ1) is 8.47. The number of aromatic nitrogens is 4. The van der Waals surface area contributed by atoms with E-state index in [1.807, 2.05) is 0 Å². The molecular formula is C10H10F3N5. The molecule has 96 valence electrons. The smallest absolute Gasteiger partial charge is 0.377 e. The lowest BCUT2D eigenvalue weighted by molar-refractivity contribution is -0.137. The summed E-state index contributed by atoms with van der Waals surface area (Å²) in [5.74, 6) is 0.328. The third-order valence-electron chi connectivity index (χ3n) is 2.22. The van der Waals surface area contributed by atoms with Crippen molar-refractivity contribution in [3.05, 3.63) is 35.7 Å². The maximum absolute atomic E-state index is 12.7. The largest absolute Gasteiger partial charge is 0.418 e. The number of hydrogen-bond acceptors (Lipinski definition) is 4. The Labute approximate surface area is 101 Å². The molecule has 5 nitrogen and oxygen atoms in total. The summed E-state index contributed by atoms with van der Waals surface area (Å²) in [6.45, 7) is 0.0843. The van der Waals surface area contributed by atoms with Crippen LogP contribution >= 0.6 is 0 Å². The fraction of sp³-hybridized carbons (Fsp3) is 0.300. The molecule has 0 atom stereocenters. The molecule has 0 aliphatic heterocycles. The van der Waals surface area contributed by atoms with Gasteiger partial charge in [0.1, 0.15) is 0 Å². The zero-order chi connectivity index (χ0) is 13.2. The van der Waals surface area contributed by atoms with Gasteiger partial charge in [-0.25, -0.2) is 0 Å². The molecule has 1 aromatic heterocycles. The van der Waals surface area contributed by atoms with Crippen LogP contribution in [-0.2, 0) is 19.8 Å². The first kappa shape index (κ1) is 12.3. The van der Waals surface area contributed by atoms with Crippen LogP contribution in [0.25, 0.3) is 0 Å². The highest BCUT2D eigenvalue weighted by atomic mass is 19.4. The molecule has 0 fully saturated rings. The summed E-state index contributed by atoms with van der Waals surface area (Å²) in [5.41, 5.74) is -0.716. The molecule has 0 bridgehead atoms. The van der Waals surface area contributed by atoms with Crippen molar-refractivity contribution in [1.82, 2.24) is 20.2 Å².